The molecule has 0 spiro atoms. The van der Waals surface area contributed by atoms with Gasteiger partial charge in [-0.15, -0.1) is 0 Å². The van der Waals surface area contributed by atoms with Crippen LogP contribution in [0.4, 0.5) is 10.5 Å². The third-order valence-electron chi connectivity index (χ3n) is 6.15. The lowest BCUT2D eigenvalue weighted by Crippen LogP contribution is -2.42. The van der Waals surface area contributed by atoms with Gasteiger partial charge in [0.1, 0.15) is 5.75 Å². The lowest BCUT2D eigenvalue weighted by Gasteiger charge is -2.33. The number of benzene rings is 1. The van der Waals surface area contributed by atoms with Gasteiger partial charge in [0.25, 0.3) is 0 Å². The number of nitrogens with zero attached hydrogens (tertiary/aromatic N) is 2. The minimum Gasteiger partial charge on any atom is -0.494 e. The van der Waals surface area contributed by atoms with Crippen molar-refractivity contribution in [2.75, 3.05) is 44.2 Å². The number of hydrogen-bond donors (Lipinski definition) is 1. The molecule has 2 heterocycles. The molecule has 2 atom stereocenters. The molecule has 2 saturated heterocycles. The van der Waals surface area contributed by atoms with E-state index in [2.05, 4.69) is 48.3 Å². The number of urea groups is 1. The van der Waals surface area contributed by atoms with E-state index in [1.165, 1.54) is 5.69 Å². The minimum absolute atomic E-state index is 0.0820. The number of ether oxygens (including phenoxy) is 1. The zero-order valence-electron chi connectivity index (χ0n) is 16.0. The number of fused-ring (bicyclic) bond motifs is 1. The maximum atomic E-state index is 12.3. The average Bonchev–Trinajstić information content (AvgIpc) is 3.03. The fourth-order valence-electron chi connectivity index (χ4n) is 4.66. The molecular formula is C20H31N3O2. The molecule has 5 heteroatoms. The van der Waals surface area contributed by atoms with Gasteiger partial charge in [0, 0.05) is 49.2 Å². The molecule has 0 aromatic heterocycles. The van der Waals surface area contributed by atoms with Crippen molar-refractivity contribution in [3.05, 3.63) is 24.3 Å². The molecule has 0 unspecified atom stereocenters. The normalized spacial score (nSPS) is 28.2. The quantitative estimate of drug-likeness (QED) is 0.890. The van der Waals surface area contributed by atoms with Crippen LogP contribution in [0.5, 0.6) is 5.75 Å². The number of likely N-dealkylation sites (tertiary alicyclic amines) is 1. The van der Waals surface area contributed by atoms with E-state index in [1.807, 2.05) is 18.7 Å². The molecule has 138 valence electrons. The molecule has 5 nitrogen and oxygen atoms in total. The molecule has 1 aromatic carbocycles. The van der Waals surface area contributed by atoms with Gasteiger partial charge in [-0.3, -0.25) is 0 Å². The summed E-state index contributed by atoms with van der Waals surface area (Å²) in [5.41, 5.74) is 1.54. The molecule has 25 heavy (non-hydrogen) atoms. The van der Waals surface area contributed by atoms with Gasteiger partial charge in [0.15, 0.2) is 0 Å². The average molecular weight is 345 g/mol. The van der Waals surface area contributed by atoms with E-state index in [0.29, 0.717) is 13.2 Å². The monoisotopic (exact) mass is 345 g/mol. The van der Waals surface area contributed by atoms with Gasteiger partial charge in [0.05, 0.1) is 6.61 Å². The minimum atomic E-state index is 0.0820. The molecule has 3 rings (SSSR count). The highest BCUT2D eigenvalue weighted by atomic mass is 16.5. The molecule has 2 fully saturated rings. The zero-order valence-corrected chi connectivity index (χ0v) is 16.0. The molecule has 2 aliphatic rings. The van der Waals surface area contributed by atoms with Crippen LogP contribution in [0.3, 0.4) is 0 Å². The smallest absolute Gasteiger partial charge is 0.317 e. The third kappa shape index (κ3) is 3.05. The first-order valence-corrected chi connectivity index (χ1v) is 9.47. The Balaban J connectivity index is 1.76. The van der Waals surface area contributed by atoms with E-state index in [-0.39, 0.29) is 16.9 Å². The first kappa shape index (κ1) is 17.9. The Morgan fingerprint density at radius 3 is 2.40 bits per heavy atom. The van der Waals surface area contributed by atoms with Crippen LogP contribution in [0.1, 0.15) is 34.1 Å². The summed E-state index contributed by atoms with van der Waals surface area (Å²) in [5.74, 6) is 0.921. The summed E-state index contributed by atoms with van der Waals surface area (Å²) in [6, 6.07) is 8.49. The highest BCUT2D eigenvalue weighted by Gasteiger charge is 2.60. The highest BCUT2D eigenvalue weighted by Crippen LogP contribution is 2.54. The van der Waals surface area contributed by atoms with Crippen LogP contribution in [0, 0.1) is 10.8 Å². The lowest BCUT2D eigenvalue weighted by atomic mass is 9.68. The van der Waals surface area contributed by atoms with Gasteiger partial charge in [-0.25, -0.2) is 4.79 Å². The second-order valence-corrected chi connectivity index (χ2v) is 7.67. The summed E-state index contributed by atoms with van der Waals surface area (Å²) in [5, 5.41) is 2.96. The van der Waals surface area contributed by atoms with Crippen molar-refractivity contribution in [1.82, 2.24) is 10.2 Å². The summed E-state index contributed by atoms with van der Waals surface area (Å²) in [6.45, 7) is 13.6. The number of carbonyl (C=O) groups excluding carboxylic acids is 1. The van der Waals surface area contributed by atoms with E-state index in [1.54, 1.807) is 0 Å². The Bertz CT molecular complexity index is 618. The molecule has 1 N–H and O–H groups in total. The van der Waals surface area contributed by atoms with Gasteiger partial charge in [-0.1, -0.05) is 13.8 Å². The first-order valence-electron chi connectivity index (χ1n) is 9.47. The molecule has 2 amide bonds. The zero-order chi connectivity index (χ0) is 18.1. The van der Waals surface area contributed by atoms with Crippen molar-refractivity contribution >= 4 is 11.7 Å². The Kier molecular flexibility index (Phi) is 4.85. The van der Waals surface area contributed by atoms with E-state index in [4.69, 9.17) is 4.74 Å². The van der Waals surface area contributed by atoms with E-state index in [0.717, 1.165) is 38.3 Å². The third-order valence-corrected chi connectivity index (χ3v) is 6.15. The summed E-state index contributed by atoms with van der Waals surface area (Å²) in [4.78, 5) is 16.8. The predicted octanol–water partition coefficient (Wildman–Crippen LogP) is 3.35. The predicted molar refractivity (Wildman–Crippen MR) is 101 cm³/mol. The Labute approximate surface area is 151 Å². The van der Waals surface area contributed by atoms with Crippen LogP contribution >= 0.6 is 0 Å². The Morgan fingerprint density at radius 2 is 1.84 bits per heavy atom. The molecule has 0 bridgehead atoms. The van der Waals surface area contributed by atoms with Crippen LogP contribution < -0.4 is 15.0 Å². The van der Waals surface area contributed by atoms with Gasteiger partial charge >= 0.3 is 6.03 Å². The molecule has 0 aliphatic carbocycles. The Hall–Kier alpha value is -1.91. The van der Waals surface area contributed by atoms with Gasteiger partial charge in [-0.05, 0) is 44.5 Å². The molecule has 1 aromatic rings. The molecule has 2 aliphatic heterocycles. The van der Waals surface area contributed by atoms with Crippen LogP contribution in [0.15, 0.2) is 24.3 Å². The summed E-state index contributed by atoms with van der Waals surface area (Å²) in [6.07, 6.45) is 1.09. The van der Waals surface area contributed by atoms with Crippen molar-refractivity contribution in [2.24, 2.45) is 10.8 Å². The maximum absolute atomic E-state index is 12.3. The van der Waals surface area contributed by atoms with Crippen molar-refractivity contribution in [2.45, 2.75) is 34.1 Å². The maximum Gasteiger partial charge on any atom is 0.317 e. The summed E-state index contributed by atoms with van der Waals surface area (Å²) >= 11 is 0. The molecule has 0 saturated carbocycles. The number of rotatable bonds is 5. The summed E-state index contributed by atoms with van der Waals surface area (Å²) in [7, 11) is 0. The number of hydrogen-bond acceptors (Lipinski definition) is 3. The first-order chi connectivity index (χ1) is 12.0. The molecular weight excluding hydrogens is 314 g/mol. The highest BCUT2D eigenvalue weighted by molar-refractivity contribution is 5.75. The van der Waals surface area contributed by atoms with E-state index in [9.17, 15) is 4.79 Å². The van der Waals surface area contributed by atoms with Crippen molar-refractivity contribution in [3.63, 3.8) is 0 Å². The van der Waals surface area contributed by atoms with Crippen molar-refractivity contribution in [1.29, 1.82) is 0 Å². The lowest BCUT2D eigenvalue weighted by molar-refractivity contribution is 0.177. The van der Waals surface area contributed by atoms with Gasteiger partial charge in [0.2, 0.25) is 0 Å². The van der Waals surface area contributed by atoms with Crippen LogP contribution in [0.25, 0.3) is 0 Å². The standard InChI is InChI=1S/C20H31N3O2/c1-5-20-14-22(16-8-10-17(11-9-16)25-7-3)12-19(20,4)13-23(15-20)18(24)21-6-2/h8-11H,5-7,12-15H2,1-4H3,(H,21,24)/t19-,20+/m0/s1. The van der Waals surface area contributed by atoms with Crippen LogP contribution in [-0.4, -0.2) is 50.3 Å². The van der Waals surface area contributed by atoms with E-state index >= 15 is 0 Å². The number of carbonyl (C=O) groups is 1. The topological polar surface area (TPSA) is 44.8 Å². The van der Waals surface area contributed by atoms with Crippen molar-refractivity contribution in [3.8, 4) is 5.75 Å². The van der Waals surface area contributed by atoms with Gasteiger partial charge < -0.3 is 19.9 Å². The second-order valence-electron chi connectivity index (χ2n) is 7.67. The largest absolute Gasteiger partial charge is 0.494 e. The number of nitrogens with one attached hydrogen (secondary N) is 1. The van der Waals surface area contributed by atoms with E-state index < -0.39 is 0 Å². The number of amides is 2. The summed E-state index contributed by atoms with van der Waals surface area (Å²) < 4.78 is 5.55. The fourth-order valence-corrected chi connectivity index (χ4v) is 4.66. The second kappa shape index (κ2) is 6.77. The van der Waals surface area contributed by atoms with Gasteiger partial charge in [-0.2, -0.15) is 0 Å². The fraction of sp³-hybridized carbons (Fsp3) is 0.650. The number of anilines is 1. The Morgan fingerprint density at radius 1 is 1.12 bits per heavy atom. The van der Waals surface area contributed by atoms with Crippen LogP contribution in [0.2, 0.25) is 0 Å². The van der Waals surface area contributed by atoms with Crippen molar-refractivity contribution < 1.29 is 9.53 Å². The molecule has 0 radical (unpaired) electrons. The SMILES string of the molecule is CCNC(=O)N1C[C@]2(C)CN(c3ccc(OCC)cc3)C[C@]2(CC)C1. The van der Waals surface area contributed by atoms with Crippen LogP contribution in [-0.2, 0) is 0 Å².